The van der Waals surface area contributed by atoms with Crippen LogP contribution in [0.4, 0.5) is 5.69 Å². The summed E-state index contributed by atoms with van der Waals surface area (Å²) >= 11 is 0. The molecular formula is C12H18N2O2S. The van der Waals surface area contributed by atoms with Crippen LogP contribution >= 0.6 is 0 Å². The minimum atomic E-state index is -3.10. The fourth-order valence-electron chi connectivity index (χ4n) is 2.04. The summed E-state index contributed by atoms with van der Waals surface area (Å²) in [6.45, 7) is 0.909. The van der Waals surface area contributed by atoms with Crippen molar-refractivity contribution in [2.24, 2.45) is 11.7 Å². The molecule has 0 aliphatic heterocycles. The van der Waals surface area contributed by atoms with Crippen LogP contribution in [0.3, 0.4) is 0 Å². The second-order valence-corrected chi connectivity index (χ2v) is 6.79. The lowest BCUT2D eigenvalue weighted by Crippen LogP contribution is -2.39. The Morgan fingerprint density at radius 2 is 1.88 bits per heavy atom. The molecule has 0 aromatic heterocycles. The molecule has 1 aliphatic carbocycles. The quantitative estimate of drug-likeness (QED) is 0.848. The highest BCUT2D eigenvalue weighted by molar-refractivity contribution is 7.90. The summed E-state index contributed by atoms with van der Waals surface area (Å²) in [7, 11) is -3.10. The van der Waals surface area contributed by atoms with Gasteiger partial charge in [0.15, 0.2) is 9.84 Å². The Kier molecular flexibility index (Phi) is 3.40. The molecule has 2 rings (SSSR count). The van der Waals surface area contributed by atoms with E-state index in [0.29, 0.717) is 16.9 Å². The minimum Gasteiger partial charge on any atom is -0.385 e. The van der Waals surface area contributed by atoms with Gasteiger partial charge in [0.05, 0.1) is 4.90 Å². The van der Waals surface area contributed by atoms with E-state index in [1.54, 1.807) is 24.3 Å². The molecule has 0 amide bonds. The molecule has 0 saturated heterocycles. The van der Waals surface area contributed by atoms with Gasteiger partial charge in [-0.05, 0) is 43.0 Å². The highest BCUT2D eigenvalue weighted by Crippen LogP contribution is 2.25. The van der Waals surface area contributed by atoms with Crippen molar-refractivity contribution in [1.82, 2.24) is 0 Å². The van der Waals surface area contributed by atoms with Gasteiger partial charge in [-0.25, -0.2) is 8.42 Å². The maximum Gasteiger partial charge on any atom is 0.175 e. The largest absolute Gasteiger partial charge is 0.385 e. The fourth-order valence-corrected chi connectivity index (χ4v) is 2.67. The molecule has 4 nitrogen and oxygen atoms in total. The van der Waals surface area contributed by atoms with Crippen LogP contribution in [0.2, 0.25) is 0 Å². The van der Waals surface area contributed by atoms with E-state index in [2.05, 4.69) is 5.32 Å². The Morgan fingerprint density at radius 1 is 1.29 bits per heavy atom. The normalized spacial score (nSPS) is 24.1. The molecule has 5 heteroatoms. The molecule has 0 unspecified atom stereocenters. The Hall–Kier alpha value is -1.07. The standard InChI is InChI=1S/C12H18N2O2S/c1-17(15,16)12-4-2-11(3-5-12)14-8-9-6-10(13)7-9/h2-5,9-10,14H,6-8,13H2,1H3. The van der Waals surface area contributed by atoms with Gasteiger partial charge in [-0.1, -0.05) is 0 Å². The SMILES string of the molecule is CS(=O)(=O)c1ccc(NCC2CC(N)C2)cc1. The maximum absolute atomic E-state index is 11.3. The molecule has 0 bridgehead atoms. The molecule has 94 valence electrons. The van der Waals surface area contributed by atoms with Gasteiger partial charge in [0.2, 0.25) is 0 Å². The van der Waals surface area contributed by atoms with Crippen molar-refractivity contribution in [3.8, 4) is 0 Å². The van der Waals surface area contributed by atoms with Gasteiger partial charge in [0.1, 0.15) is 0 Å². The van der Waals surface area contributed by atoms with Crippen molar-refractivity contribution < 1.29 is 8.42 Å². The van der Waals surface area contributed by atoms with Crippen LogP contribution in [0.1, 0.15) is 12.8 Å². The minimum absolute atomic E-state index is 0.355. The second kappa shape index (κ2) is 4.66. The van der Waals surface area contributed by atoms with E-state index < -0.39 is 9.84 Å². The zero-order chi connectivity index (χ0) is 12.5. The molecular weight excluding hydrogens is 236 g/mol. The first-order chi connectivity index (χ1) is 7.95. The number of rotatable bonds is 4. The number of sulfone groups is 1. The van der Waals surface area contributed by atoms with E-state index in [9.17, 15) is 8.42 Å². The lowest BCUT2D eigenvalue weighted by Gasteiger charge is -2.32. The Bertz CT molecular complexity index is 476. The van der Waals surface area contributed by atoms with Gasteiger partial charge in [-0.15, -0.1) is 0 Å². The first-order valence-electron chi connectivity index (χ1n) is 5.75. The summed E-state index contributed by atoms with van der Waals surface area (Å²) in [4.78, 5) is 0.355. The molecule has 0 heterocycles. The third-order valence-electron chi connectivity index (χ3n) is 3.15. The predicted molar refractivity (Wildman–Crippen MR) is 68.7 cm³/mol. The van der Waals surface area contributed by atoms with Crippen molar-refractivity contribution in [3.05, 3.63) is 24.3 Å². The zero-order valence-corrected chi connectivity index (χ0v) is 10.7. The average Bonchev–Trinajstić information content (AvgIpc) is 2.22. The predicted octanol–water partition coefficient (Wildman–Crippen LogP) is 1.24. The van der Waals surface area contributed by atoms with E-state index in [-0.39, 0.29) is 0 Å². The van der Waals surface area contributed by atoms with Gasteiger partial charge < -0.3 is 11.1 Å². The van der Waals surface area contributed by atoms with Gasteiger partial charge in [-0.3, -0.25) is 0 Å². The van der Waals surface area contributed by atoms with Crippen LogP contribution in [0.15, 0.2) is 29.2 Å². The van der Waals surface area contributed by atoms with Crippen molar-refractivity contribution in [2.75, 3.05) is 18.1 Å². The Morgan fingerprint density at radius 3 is 2.35 bits per heavy atom. The van der Waals surface area contributed by atoms with Gasteiger partial charge in [0, 0.05) is 24.5 Å². The van der Waals surface area contributed by atoms with Gasteiger partial charge >= 0.3 is 0 Å². The summed E-state index contributed by atoms with van der Waals surface area (Å²) < 4.78 is 22.5. The van der Waals surface area contributed by atoms with Crippen LogP contribution < -0.4 is 11.1 Å². The highest BCUT2D eigenvalue weighted by atomic mass is 32.2. The number of hydrogen-bond acceptors (Lipinski definition) is 4. The van der Waals surface area contributed by atoms with E-state index in [4.69, 9.17) is 5.73 Å². The van der Waals surface area contributed by atoms with Crippen molar-refractivity contribution in [1.29, 1.82) is 0 Å². The first kappa shape index (κ1) is 12.4. The second-order valence-electron chi connectivity index (χ2n) is 4.77. The fraction of sp³-hybridized carbons (Fsp3) is 0.500. The van der Waals surface area contributed by atoms with Crippen molar-refractivity contribution >= 4 is 15.5 Å². The monoisotopic (exact) mass is 254 g/mol. The summed E-state index contributed by atoms with van der Waals surface area (Å²) in [5.74, 6) is 0.652. The Labute approximate surface area is 102 Å². The van der Waals surface area contributed by atoms with Crippen LogP contribution in [0.25, 0.3) is 0 Å². The summed E-state index contributed by atoms with van der Waals surface area (Å²) in [6.07, 6.45) is 3.37. The molecule has 0 atom stereocenters. The van der Waals surface area contributed by atoms with Crippen LogP contribution in [-0.4, -0.2) is 27.3 Å². The van der Waals surface area contributed by atoms with Gasteiger partial charge in [-0.2, -0.15) is 0 Å². The number of nitrogens with one attached hydrogen (secondary N) is 1. The number of anilines is 1. The van der Waals surface area contributed by atoms with E-state index in [0.717, 1.165) is 25.1 Å². The molecule has 17 heavy (non-hydrogen) atoms. The van der Waals surface area contributed by atoms with Gasteiger partial charge in [0.25, 0.3) is 0 Å². The summed E-state index contributed by atoms with van der Waals surface area (Å²) in [6, 6.07) is 7.23. The molecule has 1 aromatic carbocycles. The smallest absolute Gasteiger partial charge is 0.175 e. The number of hydrogen-bond donors (Lipinski definition) is 2. The third kappa shape index (κ3) is 3.20. The first-order valence-corrected chi connectivity index (χ1v) is 7.64. The molecule has 1 saturated carbocycles. The molecule has 0 radical (unpaired) electrons. The zero-order valence-electron chi connectivity index (χ0n) is 9.89. The third-order valence-corrected chi connectivity index (χ3v) is 4.28. The lowest BCUT2D eigenvalue weighted by molar-refractivity contribution is 0.280. The lowest BCUT2D eigenvalue weighted by atomic mass is 9.81. The molecule has 1 aliphatic rings. The summed E-state index contributed by atoms with van der Waals surface area (Å²) in [5.41, 5.74) is 6.67. The molecule has 1 fully saturated rings. The Balaban J connectivity index is 1.90. The molecule has 0 spiro atoms. The van der Waals surface area contributed by atoms with E-state index in [1.807, 2.05) is 0 Å². The van der Waals surface area contributed by atoms with Crippen molar-refractivity contribution in [2.45, 2.75) is 23.8 Å². The van der Waals surface area contributed by atoms with Crippen LogP contribution in [0.5, 0.6) is 0 Å². The number of nitrogens with two attached hydrogens (primary N) is 1. The van der Waals surface area contributed by atoms with Crippen LogP contribution in [-0.2, 0) is 9.84 Å². The maximum atomic E-state index is 11.3. The number of benzene rings is 1. The van der Waals surface area contributed by atoms with Crippen molar-refractivity contribution in [3.63, 3.8) is 0 Å². The molecule has 1 aromatic rings. The van der Waals surface area contributed by atoms with E-state index in [1.165, 1.54) is 6.26 Å². The molecule has 3 N–H and O–H groups in total. The van der Waals surface area contributed by atoms with Crippen LogP contribution in [0, 0.1) is 5.92 Å². The highest BCUT2D eigenvalue weighted by Gasteiger charge is 2.25. The average molecular weight is 254 g/mol. The topological polar surface area (TPSA) is 72.2 Å². The summed E-state index contributed by atoms with van der Waals surface area (Å²) in [5, 5.41) is 3.30. The van der Waals surface area contributed by atoms with E-state index >= 15 is 0 Å².